The maximum atomic E-state index is 12.1. The van der Waals surface area contributed by atoms with Crippen LogP contribution in [0.15, 0.2) is 0 Å². The fourth-order valence-corrected chi connectivity index (χ4v) is 6.08. The van der Waals surface area contributed by atoms with Gasteiger partial charge >= 0.3 is 5.97 Å². The van der Waals surface area contributed by atoms with Crippen LogP contribution in [0.2, 0.25) is 0 Å². The third-order valence-corrected chi connectivity index (χ3v) is 7.48. The van der Waals surface area contributed by atoms with Crippen LogP contribution in [0.25, 0.3) is 0 Å². The molecular formula is C17H29N3O5S2. The quantitative estimate of drug-likeness (QED) is 0.348. The van der Waals surface area contributed by atoms with Crippen LogP contribution in [0, 0.1) is 11.8 Å². The van der Waals surface area contributed by atoms with Crippen molar-refractivity contribution in [1.82, 2.24) is 15.5 Å². The van der Waals surface area contributed by atoms with E-state index in [-0.39, 0.29) is 28.4 Å². The molecule has 2 fully saturated rings. The zero-order valence-electron chi connectivity index (χ0n) is 16.0. The number of rotatable bonds is 7. The predicted molar refractivity (Wildman–Crippen MR) is 107 cm³/mol. The summed E-state index contributed by atoms with van der Waals surface area (Å²) >= 11 is 5.43. The smallest absolute Gasteiger partial charge is 0.321 e. The summed E-state index contributed by atoms with van der Waals surface area (Å²) in [6.07, 6.45) is -0.295. The van der Waals surface area contributed by atoms with Crippen molar-refractivity contribution >= 4 is 41.4 Å². The minimum Gasteiger partial charge on any atom is -0.480 e. The number of carbonyl (C=O) groups is 3. The van der Waals surface area contributed by atoms with E-state index in [1.54, 1.807) is 30.8 Å². The Morgan fingerprint density at radius 3 is 2.41 bits per heavy atom. The molecule has 2 heterocycles. The molecular weight excluding hydrogens is 390 g/mol. The highest BCUT2D eigenvalue weighted by molar-refractivity contribution is 8.00. The van der Waals surface area contributed by atoms with Crippen molar-refractivity contribution in [1.29, 1.82) is 0 Å². The van der Waals surface area contributed by atoms with Crippen LogP contribution in [0.5, 0.6) is 0 Å². The Hall–Kier alpha value is -0.810. The van der Waals surface area contributed by atoms with Gasteiger partial charge < -0.3 is 20.4 Å². The molecule has 154 valence electrons. The SMILES string of the molecule is C[C@@H]1[C@H]([C@H](C(=O)S)[C@@H](C)O)NC(C(=O)O)[C@H]1S[C@@H]1CN[C@@H](C(=O)N(C)C)C1. The van der Waals surface area contributed by atoms with Gasteiger partial charge in [0.15, 0.2) is 5.12 Å². The minimum absolute atomic E-state index is 0.0122. The van der Waals surface area contributed by atoms with Gasteiger partial charge in [0.1, 0.15) is 6.04 Å². The monoisotopic (exact) mass is 419 g/mol. The third kappa shape index (κ3) is 4.97. The number of amides is 1. The number of thiol groups is 1. The molecule has 2 rings (SSSR count). The molecule has 0 bridgehead atoms. The maximum absolute atomic E-state index is 12.1. The van der Waals surface area contributed by atoms with Crippen LogP contribution < -0.4 is 10.6 Å². The van der Waals surface area contributed by atoms with Crippen LogP contribution in [-0.4, -0.2) is 87.5 Å². The van der Waals surface area contributed by atoms with E-state index in [2.05, 4.69) is 23.3 Å². The fraction of sp³-hybridized carbons (Fsp3) is 0.824. The van der Waals surface area contributed by atoms with Crippen molar-refractivity contribution in [2.75, 3.05) is 20.6 Å². The number of aliphatic hydroxyl groups excluding tert-OH is 1. The summed E-state index contributed by atoms with van der Waals surface area (Å²) in [7, 11) is 3.42. The number of carboxylic acid groups (broad SMARTS) is 1. The predicted octanol–water partition coefficient (Wildman–Crippen LogP) is -0.579. The van der Waals surface area contributed by atoms with Crippen LogP contribution in [-0.2, 0) is 14.4 Å². The van der Waals surface area contributed by atoms with Gasteiger partial charge in [0.25, 0.3) is 0 Å². The molecule has 1 amide bonds. The summed E-state index contributed by atoms with van der Waals surface area (Å²) in [5.41, 5.74) is 0. The molecule has 2 saturated heterocycles. The van der Waals surface area contributed by atoms with Crippen LogP contribution >= 0.6 is 24.4 Å². The average Bonchev–Trinajstić information content (AvgIpc) is 3.13. The summed E-state index contributed by atoms with van der Waals surface area (Å²) in [4.78, 5) is 37.3. The van der Waals surface area contributed by atoms with Crippen molar-refractivity contribution in [2.45, 2.75) is 55.0 Å². The first-order valence-electron chi connectivity index (χ1n) is 9.04. The first-order chi connectivity index (χ1) is 12.5. The first-order valence-corrected chi connectivity index (χ1v) is 10.4. The molecule has 0 radical (unpaired) electrons. The van der Waals surface area contributed by atoms with E-state index in [0.29, 0.717) is 13.0 Å². The summed E-state index contributed by atoms with van der Waals surface area (Å²) in [6.45, 7) is 4.04. The molecule has 0 aromatic rings. The fourth-order valence-electron chi connectivity index (χ4n) is 4.00. The molecule has 2 aliphatic rings. The Bertz CT molecular complexity index is 589. The van der Waals surface area contributed by atoms with E-state index in [0.717, 1.165) is 0 Å². The van der Waals surface area contributed by atoms with Gasteiger partial charge in [-0.25, -0.2) is 0 Å². The molecule has 0 saturated carbocycles. The Morgan fingerprint density at radius 1 is 1.30 bits per heavy atom. The van der Waals surface area contributed by atoms with Crippen LogP contribution in [0.3, 0.4) is 0 Å². The molecule has 2 aliphatic heterocycles. The number of nitrogens with one attached hydrogen (secondary N) is 2. The lowest BCUT2D eigenvalue weighted by Gasteiger charge is -2.28. The molecule has 8 nitrogen and oxygen atoms in total. The minimum atomic E-state index is -0.982. The normalized spacial score (nSPS) is 35.6. The number of aliphatic carboxylic acids is 1. The number of hydrogen-bond acceptors (Lipinski definition) is 7. The molecule has 0 aromatic carbocycles. The lowest BCUT2D eigenvalue weighted by atomic mass is 9.87. The molecule has 8 atom stereocenters. The van der Waals surface area contributed by atoms with Gasteiger partial charge in [-0.2, -0.15) is 11.8 Å². The van der Waals surface area contributed by atoms with Crippen molar-refractivity contribution in [3.05, 3.63) is 0 Å². The van der Waals surface area contributed by atoms with E-state index in [1.807, 2.05) is 6.92 Å². The van der Waals surface area contributed by atoms with Gasteiger partial charge in [-0.3, -0.25) is 19.7 Å². The summed E-state index contributed by atoms with van der Waals surface area (Å²) in [6, 6.07) is -1.56. The van der Waals surface area contributed by atoms with Crippen molar-refractivity contribution in [2.24, 2.45) is 11.8 Å². The molecule has 10 heteroatoms. The Balaban J connectivity index is 2.11. The Morgan fingerprint density at radius 2 is 1.93 bits per heavy atom. The molecule has 4 N–H and O–H groups in total. The molecule has 1 unspecified atom stereocenters. The topological polar surface area (TPSA) is 119 Å². The number of carbonyl (C=O) groups excluding carboxylic acids is 2. The lowest BCUT2D eigenvalue weighted by molar-refractivity contribution is -0.139. The second-order valence-electron chi connectivity index (χ2n) is 7.62. The van der Waals surface area contributed by atoms with Gasteiger partial charge in [0.05, 0.1) is 18.1 Å². The van der Waals surface area contributed by atoms with Crippen LogP contribution in [0.1, 0.15) is 20.3 Å². The number of hydrogen-bond donors (Lipinski definition) is 5. The maximum Gasteiger partial charge on any atom is 0.321 e. The number of thioether (sulfide) groups is 1. The van der Waals surface area contributed by atoms with Crippen molar-refractivity contribution in [3.8, 4) is 0 Å². The van der Waals surface area contributed by atoms with Gasteiger partial charge in [-0.1, -0.05) is 6.92 Å². The van der Waals surface area contributed by atoms with E-state index < -0.39 is 35.2 Å². The van der Waals surface area contributed by atoms with Gasteiger partial charge in [-0.05, 0) is 19.3 Å². The van der Waals surface area contributed by atoms with Gasteiger partial charge in [0.2, 0.25) is 5.91 Å². The Labute approximate surface area is 169 Å². The largest absolute Gasteiger partial charge is 0.480 e. The van der Waals surface area contributed by atoms with Gasteiger partial charge in [0, 0.05) is 37.2 Å². The third-order valence-electron chi connectivity index (χ3n) is 5.42. The highest BCUT2D eigenvalue weighted by Crippen LogP contribution is 2.39. The van der Waals surface area contributed by atoms with E-state index in [1.165, 1.54) is 6.92 Å². The molecule has 0 aromatic heterocycles. The zero-order chi connectivity index (χ0) is 20.5. The number of likely N-dealkylation sites (N-methyl/N-ethyl adjacent to an activating group) is 1. The lowest BCUT2D eigenvalue weighted by Crippen LogP contribution is -2.46. The molecule has 27 heavy (non-hydrogen) atoms. The van der Waals surface area contributed by atoms with E-state index in [4.69, 9.17) is 0 Å². The first kappa shape index (κ1) is 22.5. The number of carboxylic acids is 1. The molecule has 0 spiro atoms. The molecule has 0 aliphatic carbocycles. The van der Waals surface area contributed by atoms with Crippen LogP contribution in [0.4, 0.5) is 0 Å². The second kappa shape index (κ2) is 9.13. The highest BCUT2D eigenvalue weighted by Gasteiger charge is 2.50. The number of nitrogens with zero attached hydrogens (tertiary/aromatic N) is 1. The highest BCUT2D eigenvalue weighted by atomic mass is 32.2. The summed E-state index contributed by atoms with van der Waals surface area (Å²) in [5.74, 6) is -1.90. The average molecular weight is 420 g/mol. The van der Waals surface area contributed by atoms with E-state index in [9.17, 15) is 24.6 Å². The summed E-state index contributed by atoms with van der Waals surface area (Å²) < 4.78 is 0. The van der Waals surface area contributed by atoms with Gasteiger partial charge in [-0.15, -0.1) is 12.6 Å². The van der Waals surface area contributed by atoms with Crippen molar-refractivity contribution in [3.63, 3.8) is 0 Å². The standard InChI is InChI=1S/C17H29N3O5S2/c1-7-12(11(8(2)21)17(25)26)19-13(16(23)24)14(7)27-9-5-10(18-6-9)15(22)20(3)4/h7-14,18-19,21H,5-6H2,1-4H3,(H,23,24)(H,25,26)/t7-,8-,9+,10-,11-,12-,13?,14+/m1/s1. The van der Waals surface area contributed by atoms with Crippen molar-refractivity contribution < 1.29 is 24.6 Å². The number of aliphatic hydroxyl groups is 1. The Kier molecular flexibility index (Phi) is 7.60. The zero-order valence-corrected chi connectivity index (χ0v) is 17.7. The summed E-state index contributed by atoms with van der Waals surface area (Å²) in [5, 5.41) is 25.2. The second-order valence-corrected chi connectivity index (χ2v) is 9.55. The van der Waals surface area contributed by atoms with E-state index >= 15 is 0 Å².